The van der Waals surface area contributed by atoms with Gasteiger partial charge in [0.05, 0.1) is 23.1 Å². The fourth-order valence-corrected chi connectivity index (χ4v) is 4.06. The molecule has 0 unspecified atom stereocenters. The minimum atomic E-state index is 0.0983. The van der Waals surface area contributed by atoms with E-state index < -0.39 is 0 Å². The summed E-state index contributed by atoms with van der Waals surface area (Å²) in [5, 5.41) is 8.44. The van der Waals surface area contributed by atoms with Gasteiger partial charge in [-0.05, 0) is 37.1 Å². The van der Waals surface area contributed by atoms with E-state index in [0.717, 1.165) is 17.2 Å². The third-order valence-electron chi connectivity index (χ3n) is 5.04. The molecule has 1 aliphatic heterocycles. The van der Waals surface area contributed by atoms with Gasteiger partial charge in [0.2, 0.25) is 0 Å². The van der Waals surface area contributed by atoms with Crippen LogP contribution < -0.4 is 5.32 Å². The standard InChI is InChI=1S/C18H18N4/c1-2-7-14(8-3-1)22-17-15(13-19-22)20-18(10-4-5-11-18)16-9-6-12-21(16)17/h1-3,6-9,12-13,20H,4-5,10-11H2. The van der Waals surface area contributed by atoms with Gasteiger partial charge in [0.1, 0.15) is 0 Å². The summed E-state index contributed by atoms with van der Waals surface area (Å²) in [6.45, 7) is 0. The Morgan fingerprint density at radius 1 is 1.00 bits per heavy atom. The highest BCUT2D eigenvalue weighted by Gasteiger charge is 2.42. The summed E-state index contributed by atoms with van der Waals surface area (Å²) >= 11 is 0. The Morgan fingerprint density at radius 2 is 1.82 bits per heavy atom. The van der Waals surface area contributed by atoms with E-state index in [0.29, 0.717) is 0 Å². The highest BCUT2D eigenvalue weighted by Crippen LogP contribution is 2.47. The van der Waals surface area contributed by atoms with Crippen LogP contribution in [0.5, 0.6) is 0 Å². The fraction of sp³-hybridized carbons (Fsp3) is 0.278. The fourth-order valence-electron chi connectivity index (χ4n) is 4.06. The molecule has 0 radical (unpaired) electrons. The van der Waals surface area contributed by atoms with Crippen LogP contribution in [0.2, 0.25) is 0 Å². The van der Waals surface area contributed by atoms with Gasteiger partial charge in [-0.3, -0.25) is 0 Å². The van der Waals surface area contributed by atoms with Crippen LogP contribution in [0.15, 0.2) is 54.9 Å². The van der Waals surface area contributed by atoms with Crippen molar-refractivity contribution in [2.45, 2.75) is 31.2 Å². The second kappa shape index (κ2) is 4.26. The Bertz CT molecular complexity index is 822. The van der Waals surface area contributed by atoms with E-state index in [-0.39, 0.29) is 5.54 Å². The lowest BCUT2D eigenvalue weighted by Gasteiger charge is -2.37. The van der Waals surface area contributed by atoms with Crippen molar-refractivity contribution >= 4 is 5.69 Å². The molecular weight excluding hydrogens is 272 g/mol. The molecule has 0 atom stereocenters. The molecule has 1 aliphatic carbocycles. The monoisotopic (exact) mass is 290 g/mol. The zero-order valence-corrected chi connectivity index (χ0v) is 12.4. The van der Waals surface area contributed by atoms with E-state index in [1.54, 1.807) is 0 Å². The van der Waals surface area contributed by atoms with Crippen LogP contribution in [0.25, 0.3) is 11.5 Å². The number of hydrogen-bond acceptors (Lipinski definition) is 2. The molecule has 1 fully saturated rings. The summed E-state index contributed by atoms with van der Waals surface area (Å²) < 4.78 is 4.34. The van der Waals surface area contributed by atoms with E-state index in [4.69, 9.17) is 0 Å². The molecule has 0 amide bonds. The Kier molecular flexibility index (Phi) is 2.34. The number of nitrogens with zero attached hydrogens (tertiary/aromatic N) is 3. The molecule has 4 heteroatoms. The summed E-state index contributed by atoms with van der Waals surface area (Å²) in [4.78, 5) is 0. The van der Waals surface area contributed by atoms with Crippen LogP contribution in [-0.2, 0) is 5.54 Å². The first-order chi connectivity index (χ1) is 10.9. The molecule has 0 bridgehead atoms. The number of benzene rings is 1. The number of para-hydroxylation sites is 1. The molecule has 5 rings (SSSR count). The minimum absolute atomic E-state index is 0.0983. The van der Waals surface area contributed by atoms with E-state index in [2.05, 4.69) is 57.6 Å². The Hall–Kier alpha value is -2.49. The zero-order valence-electron chi connectivity index (χ0n) is 12.4. The summed E-state index contributed by atoms with van der Waals surface area (Å²) in [5.41, 5.74) is 3.69. The predicted octanol–water partition coefficient (Wildman–Crippen LogP) is 3.86. The molecule has 3 aromatic rings. The van der Waals surface area contributed by atoms with Crippen molar-refractivity contribution in [1.29, 1.82) is 0 Å². The number of nitrogens with one attached hydrogen (secondary N) is 1. The maximum Gasteiger partial charge on any atom is 0.164 e. The lowest BCUT2D eigenvalue weighted by Crippen LogP contribution is -2.38. The molecular formula is C18H18N4. The van der Waals surface area contributed by atoms with Crippen LogP contribution in [0.4, 0.5) is 5.69 Å². The molecule has 1 spiro atoms. The summed E-state index contributed by atoms with van der Waals surface area (Å²) in [6, 6.07) is 14.7. The van der Waals surface area contributed by atoms with Gasteiger partial charge in [0.15, 0.2) is 5.82 Å². The lowest BCUT2D eigenvalue weighted by atomic mass is 9.91. The van der Waals surface area contributed by atoms with Gasteiger partial charge in [-0.2, -0.15) is 5.10 Å². The van der Waals surface area contributed by atoms with E-state index >= 15 is 0 Å². The van der Waals surface area contributed by atoms with Crippen LogP contribution >= 0.6 is 0 Å². The van der Waals surface area contributed by atoms with E-state index in [1.807, 2.05) is 16.9 Å². The largest absolute Gasteiger partial charge is 0.370 e. The topological polar surface area (TPSA) is 34.8 Å². The maximum absolute atomic E-state index is 4.63. The molecule has 3 heterocycles. The molecule has 2 aliphatic rings. The van der Waals surface area contributed by atoms with Gasteiger partial charge in [-0.25, -0.2) is 4.68 Å². The SMILES string of the molecule is c1ccc(-n2ncc3c2-n2cccc2C2(CCCC2)N3)cc1. The number of hydrogen-bond donors (Lipinski definition) is 1. The first kappa shape index (κ1) is 12.1. The van der Waals surface area contributed by atoms with Crippen LogP contribution in [0, 0.1) is 0 Å². The summed E-state index contributed by atoms with van der Waals surface area (Å²) in [7, 11) is 0. The molecule has 2 aromatic heterocycles. The van der Waals surface area contributed by atoms with Gasteiger partial charge < -0.3 is 9.88 Å². The average Bonchev–Trinajstić information content (AvgIpc) is 3.27. The average molecular weight is 290 g/mol. The first-order valence-corrected chi connectivity index (χ1v) is 7.97. The molecule has 22 heavy (non-hydrogen) atoms. The minimum Gasteiger partial charge on any atom is -0.370 e. The third-order valence-corrected chi connectivity index (χ3v) is 5.04. The van der Waals surface area contributed by atoms with Crippen molar-refractivity contribution < 1.29 is 0 Å². The number of rotatable bonds is 1. The van der Waals surface area contributed by atoms with Gasteiger partial charge in [-0.15, -0.1) is 0 Å². The molecule has 4 nitrogen and oxygen atoms in total. The molecule has 1 aromatic carbocycles. The van der Waals surface area contributed by atoms with Crippen LogP contribution in [0.3, 0.4) is 0 Å². The van der Waals surface area contributed by atoms with Crippen molar-refractivity contribution in [2.24, 2.45) is 0 Å². The number of fused-ring (bicyclic) bond motifs is 4. The summed E-state index contributed by atoms with van der Waals surface area (Å²) in [6.07, 6.45) is 9.11. The highest BCUT2D eigenvalue weighted by molar-refractivity contribution is 5.65. The van der Waals surface area contributed by atoms with Crippen molar-refractivity contribution in [2.75, 3.05) is 5.32 Å². The van der Waals surface area contributed by atoms with Crippen LogP contribution in [-0.4, -0.2) is 14.3 Å². The Labute approximate surface area is 129 Å². The van der Waals surface area contributed by atoms with Crippen molar-refractivity contribution in [3.05, 3.63) is 60.6 Å². The Morgan fingerprint density at radius 3 is 2.64 bits per heavy atom. The number of anilines is 1. The molecule has 1 N–H and O–H groups in total. The van der Waals surface area contributed by atoms with Gasteiger partial charge >= 0.3 is 0 Å². The summed E-state index contributed by atoms with van der Waals surface area (Å²) in [5.74, 6) is 1.11. The second-order valence-corrected chi connectivity index (χ2v) is 6.31. The van der Waals surface area contributed by atoms with E-state index in [1.165, 1.54) is 31.4 Å². The van der Waals surface area contributed by atoms with Gasteiger partial charge in [0, 0.05) is 11.9 Å². The second-order valence-electron chi connectivity index (χ2n) is 6.31. The van der Waals surface area contributed by atoms with Crippen molar-refractivity contribution in [3.8, 4) is 11.5 Å². The zero-order chi connectivity index (χ0) is 14.6. The molecule has 0 saturated heterocycles. The van der Waals surface area contributed by atoms with Crippen molar-refractivity contribution in [3.63, 3.8) is 0 Å². The predicted molar refractivity (Wildman–Crippen MR) is 86.7 cm³/mol. The maximum atomic E-state index is 4.63. The molecule has 1 saturated carbocycles. The van der Waals surface area contributed by atoms with E-state index in [9.17, 15) is 0 Å². The normalized spacial score (nSPS) is 18.0. The smallest absolute Gasteiger partial charge is 0.164 e. The Balaban J connectivity index is 1.73. The van der Waals surface area contributed by atoms with Gasteiger partial charge in [0.25, 0.3) is 0 Å². The lowest BCUT2D eigenvalue weighted by molar-refractivity contribution is 0.471. The third kappa shape index (κ3) is 1.49. The van der Waals surface area contributed by atoms with Gasteiger partial charge in [-0.1, -0.05) is 31.0 Å². The molecule has 110 valence electrons. The highest BCUT2D eigenvalue weighted by atomic mass is 15.4. The number of aromatic nitrogens is 3. The first-order valence-electron chi connectivity index (χ1n) is 7.97. The van der Waals surface area contributed by atoms with Crippen molar-refractivity contribution in [1.82, 2.24) is 14.3 Å². The quantitative estimate of drug-likeness (QED) is 0.738. The van der Waals surface area contributed by atoms with Crippen LogP contribution in [0.1, 0.15) is 31.4 Å².